The Bertz CT molecular complexity index is 541. The number of furan rings is 1. The van der Waals surface area contributed by atoms with Crippen LogP contribution in [0.5, 0.6) is 0 Å². The lowest BCUT2D eigenvalue weighted by molar-refractivity contribution is -0.137. The van der Waals surface area contributed by atoms with Crippen LogP contribution in [0, 0.1) is 0 Å². The van der Waals surface area contributed by atoms with Crippen LogP contribution in [0.2, 0.25) is 0 Å². The molecular weight excluding hydrogens is 273 g/mol. The molecule has 0 bridgehead atoms. The summed E-state index contributed by atoms with van der Waals surface area (Å²) in [5, 5.41) is 11.8. The van der Waals surface area contributed by atoms with Crippen LogP contribution in [0.3, 0.4) is 0 Å². The molecule has 2 rings (SSSR count). The van der Waals surface area contributed by atoms with Gasteiger partial charge in [0.2, 0.25) is 0 Å². The molecule has 20 heavy (non-hydrogen) atoms. The molecule has 2 aromatic rings. The van der Waals surface area contributed by atoms with Crippen LogP contribution in [0.15, 0.2) is 41.1 Å². The number of hydrogen-bond donors (Lipinski definition) is 2. The molecule has 4 nitrogen and oxygen atoms in total. The van der Waals surface area contributed by atoms with E-state index in [1.165, 1.54) is 6.26 Å². The third-order valence-corrected chi connectivity index (χ3v) is 2.71. The fourth-order valence-corrected chi connectivity index (χ4v) is 1.77. The first kappa shape index (κ1) is 14.4. The minimum absolute atomic E-state index is 0.0784. The van der Waals surface area contributed by atoms with Crippen molar-refractivity contribution in [2.45, 2.75) is 18.6 Å². The van der Waals surface area contributed by atoms with Gasteiger partial charge in [-0.2, -0.15) is 13.2 Å². The summed E-state index contributed by atoms with van der Waals surface area (Å²) < 4.78 is 43.0. The number of hydrogen-bond acceptors (Lipinski definition) is 4. The van der Waals surface area contributed by atoms with Crippen LogP contribution in [0.25, 0.3) is 0 Å². The van der Waals surface area contributed by atoms with Crippen LogP contribution in [0.4, 0.5) is 19.0 Å². The number of aliphatic hydroxyl groups is 1. The predicted molar refractivity (Wildman–Crippen MR) is 66.0 cm³/mol. The van der Waals surface area contributed by atoms with Gasteiger partial charge in [-0.15, -0.1) is 0 Å². The van der Waals surface area contributed by atoms with E-state index in [1.807, 2.05) is 0 Å². The van der Waals surface area contributed by atoms with E-state index in [-0.39, 0.29) is 12.4 Å². The van der Waals surface area contributed by atoms with Gasteiger partial charge in [-0.1, -0.05) is 0 Å². The fourth-order valence-electron chi connectivity index (χ4n) is 1.77. The Morgan fingerprint density at radius 1 is 1.35 bits per heavy atom. The van der Waals surface area contributed by atoms with Gasteiger partial charge in [0.05, 0.1) is 17.9 Å². The molecule has 7 heteroatoms. The van der Waals surface area contributed by atoms with Crippen molar-refractivity contribution in [1.29, 1.82) is 0 Å². The van der Waals surface area contributed by atoms with Gasteiger partial charge in [-0.25, -0.2) is 4.98 Å². The minimum atomic E-state index is -4.42. The normalized spacial score (nSPS) is 13.2. The van der Waals surface area contributed by atoms with E-state index in [9.17, 15) is 13.2 Å². The van der Waals surface area contributed by atoms with Gasteiger partial charge in [0, 0.05) is 12.8 Å². The molecule has 2 N–H and O–H groups in total. The van der Waals surface area contributed by atoms with Crippen LogP contribution >= 0.6 is 0 Å². The van der Waals surface area contributed by atoms with Crippen LogP contribution in [0.1, 0.15) is 23.8 Å². The summed E-state index contributed by atoms with van der Waals surface area (Å²) in [6, 6.07) is 4.74. The number of aliphatic hydroxyl groups excluding tert-OH is 1. The SMILES string of the molecule is OCCC(Nc1cc(C(F)(F)F)ccn1)c1ccco1. The van der Waals surface area contributed by atoms with Crippen molar-refractivity contribution in [3.63, 3.8) is 0 Å². The van der Waals surface area contributed by atoms with E-state index in [0.29, 0.717) is 12.2 Å². The first-order valence-electron chi connectivity index (χ1n) is 5.95. The molecule has 1 atom stereocenters. The highest BCUT2D eigenvalue weighted by molar-refractivity contribution is 5.40. The van der Waals surface area contributed by atoms with Gasteiger partial charge < -0.3 is 14.8 Å². The largest absolute Gasteiger partial charge is 0.467 e. The lowest BCUT2D eigenvalue weighted by Gasteiger charge is -2.17. The zero-order valence-corrected chi connectivity index (χ0v) is 10.4. The van der Waals surface area contributed by atoms with Gasteiger partial charge in [0.25, 0.3) is 0 Å². The van der Waals surface area contributed by atoms with Crippen molar-refractivity contribution in [2.24, 2.45) is 0 Å². The molecule has 0 fully saturated rings. The molecule has 0 saturated carbocycles. The van der Waals surface area contributed by atoms with Crippen molar-refractivity contribution >= 4 is 5.82 Å². The van der Waals surface area contributed by atoms with Crippen LogP contribution in [-0.4, -0.2) is 16.7 Å². The summed E-state index contributed by atoms with van der Waals surface area (Å²) in [6.45, 7) is -0.128. The van der Waals surface area contributed by atoms with Crippen molar-refractivity contribution in [3.8, 4) is 0 Å². The Labute approximate surface area is 113 Å². The second-order valence-electron chi connectivity index (χ2n) is 4.15. The van der Waals surface area contributed by atoms with E-state index in [0.717, 1.165) is 18.3 Å². The number of alkyl halides is 3. The van der Waals surface area contributed by atoms with Crippen molar-refractivity contribution < 1.29 is 22.7 Å². The Morgan fingerprint density at radius 2 is 2.15 bits per heavy atom. The van der Waals surface area contributed by atoms with Gasteiger partial charge in [0.1, 0.15) is 11.6 Å². The highest BCUT2D eigenvalue weighted by Gasteiger charge is 2.31. The third kappa shape index (κ3) is 3.51. The van der Waals surface area contributed by atoms with Gasteiger partial charge in [-0.05, 0) is 30.7 Å². The zero-order chi connectivity index (χ0) is 14.6. The summed E-state index contributed by atoms with van der Waals surface area (Å²) in [6.07, 6.45) is -1.58. The maximum Gasteiger partial charge on any atom is 0.416 e. The number of nitrogens with zero attached hydrogens (tertiary/aromatic N) is 1. The Kier molecular flexibility index (Phi) is 4.29. The van der Waals surface area contributed by atoms with E-state index in [1.54, 1.807) is 12.1 Å². The number of nitrogens with one attached hydrogen (secondary N) is 1. The van der Waals surface area contributed by atoms with Gasteiger partial charge in [-0.3, -0.25) is 0 Å². The van der Waals surface area contributed by atoms with E-state index in [2.05, 4.69) is 10.3 Å². The van der Waals surface area contributed by atoms with Crippen LogP contribution in [-0.2, 0) is 6.18 Å². The standard InChI is InChI=1S/C13H13F3N2O2/c14-13(15,16)9-3-5-17-12(8-9)18-10(4-6-19)11-2-1-7-20-11/h1-3,5,7-8,10,19H,4,6H2,(H,17,18). The highest BCUT2D eigenvalue weighted by atomic mass is 19.4. The maximum absolute atomic E-state index is 12.6. The van der Waals surface area contributed by atoms with Crippen molar-refractivity contribution in [1.82, 2.24) is 4.98 Å². The monoisotopic (exact) mass is 286 g/mol. The summed E-state index contributed by atoms with van der Waals surface area (Å²) in [7, 11) is 0. The number of anilines is 1. The fraction of sp³-hybridized carbons (Fsp3) is 0.308. The molecule has 0 amide bonds. The Balaban J connectivity index is 2.19. The molecule has 0 saturated heterocycles. The number of pyridine rings is 1. The zero-order valence-electron chi connectivity index (χ0n) is 10.4. The smallest absolute Gasteiger partial charge is 0.416 e. The quantitative estimate of drug-likeness (QED) is 0.886. The van der Waals surface area contributed by atoms with Crippen molar-refractivity contribution in [2.75, 3.05) is 11.9 Å². The van der Waals surface area contributed by atoms with E-state index in [4.69, 9.17) is 9.52 Å². The molecule has 2 aromatic heterocycles. The second-order valence-corrected chi connectivity index (χ2v) is 4.15. The topological polar surface area (TPSA) is 58.3 Å². The molecule has 0 aliphatic heterocycles. The molecular formula is C13H13F3N2O2. The molecule has 1 unspecified atom stereocenters. The predicted octanol–water partition coefficient (Wildman–Crippen LogP) is 3.23. The maximum atomic E-state index is 12.6. The Morgan fingerprint density at radius 3 is 2.75 bits per heavy atom. The molecule has 108 valence electrons. The first-order chi connectivity index (χ1) is 9.50. The highest BCUT2D eigenvalue weighted by Crippen LogP contribution is 2.31. The minimum Gasteiger partial charge on any atom is -0.467 e. The molecule has 0 radical (unpaired) electrons. The third-order valence-electron chi connectivity index (χ3n) is 2.71. The average molecular weight is 286 g/mol. The van der Waals surface area contributed by atoms with Gasteiger partial charge >= 0.3 is 6.18 Å². The van der Waals surface area contributed by atoms with E-state index >= 15 is 0 Å². The van der Waals surface area contributed by atoms with Crippen LogP contribution < -0.4 is 5.32 Å². The lowest BCUT2D eigenvalue weighted by Crippen LogP contribution is -2.14. The first-order valence-corrected chi connectivity index (χ1v) is 5.95. The molecule has 0 aliphatic rings. The number of rotatable bonds is 5. The summed E-state index contributed by atoms with van der Waals surface area (Å²) >= 11 is 0. The van der Waals surface area contributed by atoms with Crippen molar-refractivity contribution in [3.05, 3.63) is 48.0 Å². The number of aromatic nitrogens is 1. The molecule has 2 heterocycles. The lowest BCUT2D eigenvalue weighted by atomic mass is 10.1. The molecule has 0 aliphatic carbocycles. The summed E-state index contributed by atoms with van der Waals surface area (Å²) in [5.74, 6) is 0.605. The Hall–Kier alpha value is -2.02. The molecule has 0 spiro atoms. The summed E-state index contributed by atoms with van der Waals surface area (Å²) in [5.41, 5.74) is -0.780. The summed E-state index contributed by atoms with van der Waals surface area (Å²) in [4.78, 5) is 3.85. The van der Waals surface area contributed by atoms with E-state index < -0.39 is 17.8 Å². The average Bonchev–Trinajstić information content (AvgIpc) is 2.91. The molecule has 0 aromatic carbocycles. The number of halogens is 3. The van der Waals surface area contributed by atoms with Gasteiger partial charge in [0.15, 0.2) is 0 Å². The second kappa shape index (κ2) is 5.96.